The van der Waals surface area contributed by atoms with Crippen LogP contribution in [0.2, 0.25) is 0 Å². The van der Waals surface area contributed by atoms with Gasteiger partial charge < -0.3 is 0 Å². The van der Waals surface area contributed by atoms with E-state index in [0.29, 0.717) is 6.20 Å². The molecule has 2 aromatic rings. The fourth-order valence-corrected chi connectivity index (χ4v) is 3.04. The molecule has 2 nitrogen and oxygen atoms in total. The molecule has 0 fully saturated rings. The molecule has 0 aromatic carbocycles. The lowest BCUT2D eigenvalue weighted by molar-refractivity contribution is -0.137. The van der Waals surface area contributed by atoms with Crippen molar-refractivity contribution in [3.8, 4) is 0 Å². The number of rotatable bonds is 1. The molecule has 0 bridgehead atoms. The lowest BCUT2D eigenvalue weighted by Gasteiger charge is -2.07. The lowest BCUT2D eigenvalue weighted by Crippen LogP contribution is -2.10. The van der Waals surface area contributed by atoms with Crippen LogP contribution < -0.4 is 0 Å². The monoisotopic (exact) mass is 380 g/mol. The predicted molar refractivity (Wildman–Crippen MR) is 78.3 cm³/mol. The minimum absolute atomic E-state index is 0.0461. The average molecular weight is 380 g/mol. The zero-order chi connectivity index (χ0) is 18.4. The van der Waals surface area contributed by atoms with E-state index in [1.807, 2.05) is 0 Å². The van der Waals surface area contributed by atoms with Gasteiger partial charge in [-0.2, -0.15) is 26.3 Å². The van der Waals surface area contributed by atoms with E-state index in [9.17, 15) is 30.7 Å². The highest BCUT2D eigenvalue weighted by Gasteiger charge is 2.34. The van der Waals surface area contributed by atoms with Crippen molar-refractivity contribution in [2.75, 3.05) is 0 Å². The minimum Gasteiger partial charge on any atom is -0.243 e. The summed E-state index contributed by atoms with van der Waals surface area (Å²) in [7, 11) is 0. The van der Waals surface area contributed by atoms with Crippen molar-refractivity contribution in [3.63, 3.8) is 0 Å². The first kappa shape index (κ1) is 17.6. The highest BCUT2D eigenvalue weighted by molar-refractivity contribution is 7.19. The maximum Gasteiger partial charge on any atom is 0.417 e. The van der Waals surface area contributed by atoms with Crippen molar-refractivity contribution in [1.82, 2.24) is 9.97 Å². The van der Waals surface area contributed by atoms with Gasteiger partial charge in [0, 0.05) is 17.3 Å². The molecule has 0 amide bonds. The number of thiazole rings is 1. The molecule has 10 heteroatoms. The molecular weight excluding hydrogens is 373 g/mol. The zero-order valence-electron chi connectivity index (χ0n) is 12.0. The number of fused-ring (bicyclic) bond motifs is 1. The van der Waals surface area contributed by atoms with Crippen LogP contribution in [0.4, 0.5) is 30.7 Å². The summed E-state index contributed by atoms with van der Waals surface area (Å²) in [4.78, 5) is 7.65. The van der Waals surface area contributed by atoms with Crippen molar-refractivity contribution in [2.45, 2.75) is 18.8 Å². The molecule has 0 spiro atoms. The number of hydrogen-bond acceptors (Lipinski definition) is 3. The average Bonchev–Trinajstić information content (AvgIpc) is 2.80. The SMILES string of the molecule is FC1=CCC(C(F)(F)F)=CC=C1c1nc2cc(C(F)(F)F)cnc2s1. The fourth-order valence-electron chi connectivity index (χ4n) is 2.12. The second-order valence-corrected chi connectivity index (χ2v) is 6.07. The maximum atomic E-state index is 14.1. The number of aromatic nitrogens is 2. The molecule has 0 saturated carbocycles. The normalized spacial score (nSPS) is 16.4. The van der Waals surface area contributed by atoms with Crippen molar-refractivity contribution in [1.29, 1.82) is 0 Å². The van der Waals surface area contributed by atoms with Gasteiger partial charge in [-0.1, -0.05) is 17.4 Å². The fraction of sp³-hybridized carbons (Fsp3) is 0.200. The summed E-state index contributed by atoms with van der Waals surface area (Å²) in [6.45, 7) is 0. The first-order valence-electron chi connectivity index (χ1n) is 6.74. The van der Waals surface area contributed by atoms with Crippen LogP contribution in [0, 0.1) is 0 Å². The smallest absolute Gasteiger partial charge is 0.243 e. The molecule has 1 aliphatic rings. The van der Waals surface area contributed by atoms with E-state index in [0.717, 1.165) is 35.6 Å². The number of pyridine rings is 1. The van der Waals surface area contributed by atoms with E-state index in [-0.39, 0.29) is 20.9 Å². The van der Waals surface area contributed by atoms with Crippen molar-refractivity contribution >= 4 is 27.3 Å². The van der Waals surface area contributed by atoms with Gasteiger partial charge in [0.15, 0.2) is 0 Å². The van der Waals surface area contributed by atoms with Gasteiger partial charge in [0.05, 0.1) is 5.56 Å². The van der Waals surface area contributed by atoms with Crippen molar-refractivity contribution in [2.24, 2.45) is 0 Å². The van der Waals surface area contributed by atoms with Gasteiger partial charge >= 0.3 is 12.4 Å². The molecule has 3 rings (SSSR count). The Hall–Kier alpha value is -2.23. The highest BCUT2D eigenvalue weighted by atomic mass is 32.1. The molecule has 2 aromatic heterocycles. The molecule has 1 aliphatic carbocycles. The first-order chi connectivity index (χ1) is 11.6. The number of alkyl halides is 6. The van der Waals surface area contributed by atoms with E-state index < -0.39 is 35.7 Å². The van der Waals surface area contributed by atoms with Crippen LogP contribution in [0.3, 0.4) is 0 Å². The molecular formula is C15H7F7N2S. The van der Waals surface area contributed by atoms with Gasteiger partial charge in [-0.3, -0.25) is 0 Å². The number of hydrogen-bond donors (Lipinski definition) is 0. The van der Waals surface area contributed by atoms with Crippen LogP contribution in [-0.2, 0) is 6.18 Å². The summed E-state index contributed by atoms with van der Waals surface area (Å²) in [5.74, 6) is -0.925. The summed E-state index contributed by atoms with van der Waals surface area (Å²) in [6.07, 6.45) is -6.81. The van der Waals surface area contributed by atoms with Crippen LogP contribution in [-0.4, -0.2) is 16.1 Å². The van der Waals surface area contributed by atoms with E-state index in [1.165, 1.54) is 0 Å². The Kier molecular flexibility index (Phi) is 4.18. The van der Waals surface area contributed by atoms with Crippen LogP contribution in [0.25, 0.3) is 15.9 Å². The van der Waals surface area contributed by atoms with Crippen LogP contribution >= 0.6 is 11.3 Å². The van der Waals surface area contributed by atoms with E-state index in [4.69, 9.17) is 0 Å². The molecule has 25 heavy (non-hydrogen) atoms. The maximum absolute atomic E-state index is 14.1. The largest absolute Gasteiger partial charge is 0.417 e. The predicted octanol–water partition coefficient (Wildman–Crippen LogP) is 5.84. The standard InChI is InChI=1S/C15H7F7N2S/c16-10-4-2-7(14(17,18)19)1-3-9(10)12-24-11-5-8(15(20,21)22)6-23-13(11)25-12/h1,3-6H,2H2. The minimum atomic E-state index is -4.61. The van der Waals surface area contributed by atoms with Gasteiger partial charge in [-0.25, -0.2) is 14.4 Å². The topological polar surface area (TPSA) is 25.8 Å². The van der Waals surface area contributed by atoms with Gasteiger partial charge in [-0.05, 0) is 24.6 Å². The highest BCUT2D eigenvalue weighted by Crippen LogP contribution is 2.37. The summed E-state index contributed by atoms with van der Waals surface area (Å²) >= 11 is 0.796. The Morgan fingerprint density at radius 3 is 2.36 bits per heavy atom. The van der Waals surface area contributed by atoms with Crippen LogP contribution in [0.1, 0.15) is 17.0 Å². The Morgan fingerprint density at radius 1 is 1.00 bits per heavy atom. The third-order valence-corrected chi connectivity index (χ3v) is 4.39. The van der Waals surface area contributed by atoms with E-state index in [2.05, 4.69) is 9.97 Å². The molecule has 0 aliphatic heterocycles. The summed E-state index contributed by atoms with van der Waals surface area (Å²) in [5.41, 5.74) is -2.28. The second kappa shape index (κ2) is 5.94. The van der Waals surface area contributed by atoms with Crippen molar-refractivity contribution < 1.29 is 30.7 Å². The Morgan fingerprint density at radius 2 is 1.72 bits per heavy atom. The molecule has 0 saturated heterocycles. The molecule has 2 heterocycles. The Balaban J connectivity index is 2.06. The Labute approximate surface area is 140 Å². The molecule has 0 N–H and O–H groups in total. The van der Waals surface area contributed by atoms with E-state index >= 15 is 0 Å². The van der Waals surface area contributed by atoms with Gasteiger partial charge in [0.2, 0.25) is 0 Å². The quantitative estimate of drug-likeness (QED) is 0.581. The van der Waals surface area contributed by atoms with Crippen LogP contribution in [0.15, 0.2) is 41.9 Å². The van der Waals surface area contributed by atoms with Crippen LogP contribution in [0.5, 0.6) is 0 Å². The lowest BCUT2D eigenvalue weighted by atomic mass is 10.2. The zero-order valence-corrected chi connectivity index (χ0v) is 12.9. The number of halogens is 7. The van der Waals surface area contributed by atoms with Gasteiger partial charge in [0.1, 0.15) is 21.2 Å². The summed E-state index contributed by atoms with van der Waals surface area (Å²) < 4.78 is 90.3. The number of allylic oxidation sites excluding steroid dienone is 6. The Bertz CT molecular complexity index is 916. The number of nitrogens with zero attached hydrogens (tertiary/aromatic N) is 2. The molecule has 0 atom stereocenters. The van der Waals surface area contributed by atoms with Gasteiger partial charge in [0.25, 0.3) is 0 Å². The van der Waals surface area contributed by atoms with Gasteiger partial charge in [-0.15, -0.1) is 0 Å². The first-order valence-corrected chi connectivity index (χ1v) is 7.55. The summed E-state index contributed by atoms with van der Waals surface area (Å²) in [5, 5.41) is -0.0461. The second-order valence-electron chi connectivity index (χ2n) is 5.09. The molecule has 132 valence electrons. The molecule has 0 unspecified atom stereocenters. The third kappa shape index (κ3) is 3.58. The van der Waals surface area contributed by atoms with Crippen molar-refractivity contribution in [3.05, 3.63) is 52.5 Å². The molecule has 0 radical (unpaired) electrons. The van der Waals surface area contributed by atoms with E-state index in [1.54, 1.807) is 0 Å². The third-order valence-electron chi connectivity index (χ3n) is 3.38. The summed E-state index contributed by atoms with van der Waals surface area (Å²) in [6, 6.07) is 0.762.